The second-order valence-electron chi connectivity index (χ2n) is 14.6. The molecule has 0 radical (unpaired) electrons. The lowest BCUT2D eigenvalue weighted by Gasteiger charge is -2.26. The number of nitrogens with zero attached hydrogens (tertiary/aromatic N) is 1. The Bertz CT molecular complexity index is 3000. The van der Waals surface area contributed by atoms with Crippen molar-refractivity contribution >= 4 is 66.5 Å². The molecule has 2 aromatic heterocycles. The van der Waals surface area contributed by atoms with Crippen LogP contribution >= 0.6 is 0 Å². The van der Waals surface area contributed by atoms with Crippen LogP contribution in [0.15, 0.2) is 222 Å². The first-order valence-corrected chi connectivity index (χ1v) is 19.6. The smallest absolute Gasteiger partial charge is 0.143 e. The van der Waals surface area contributed by atoms with Gasteiger partial charge in [-0.15, -0.1) is 0 Å². The summed E-state index contributed by atoms with van der Waals surface area (Å²) in [6.45, 7) is 5.89. The summed E-state index contributed by atoms with van der Waals surface area (Å²) < 4.78 is 12.8. The van der Waals surface area contributed by atoms with Crippen LogP contribution in [0.3, 0.4) is 0 Å². The zero-order chi connectivity index (χ0) is 39.0. The third kappa shape index (κ3) is 6.29. The van der Waals surface area contributed by atoms with E-state index in [2.05, 4.69) is 182 Å². The second kappa shape index (κ2) is 14.8. The van der Waals surface area contributed by atoms with Crippen LogP contribution in [0.25, 0.3) is 82.8 Å². The van der Waals surface area contributed by atoms with Crippen molar-refractivity contribution in [3.05, 3.63) is 218 Å². The first-order chi connectivity index (χ1) is 28.6. The van der Waals surface area contributed by atoms with Crippen LogP contribution in [0.1, 0.15) is 12.5 Å². The minimum absolute atomic E-state index is 0.899. The number of furan rings is 2. The van der Waals surface area contributed by atoms with Crippen molar-refractivity contribution in [2.45, 2.75) is 6.92 Å². The molecule has 0 aliphatic rings. The zero-order valence-corrected chi connectivity index (χ0v) is 32.1. The van der Waals surface area contributed by atoms with Gasteiger partial charge in [0, 0.05) is 49.7 Å². The molecule has 10 rings (SSSR count). The topological polar surface area (TPSA) is 29.5 Å². The molecular formula is C55H39NO2. The van der Waals surface area contributed by atoms with Crippen LogP contribution in [0.5, 0.6) is 0 Å². The number of para-hydroxylation sites is 4. The molecule has 0 saturated carbocycles. The van der Waals surface area contributed by atoms with Gasteiger partial charge in [0.15, 0.2) is 0 Å². The van der Waals surface area contributed by atoms with E-state index in [0.29, 0.717) is 0 Å². The molecule has 276 valence electrons. The van der Waals surface area contributed by atoms with E-state index in [0.717, 1.165) is 88.8 Å². The summed E-state index contributed by atoms with van der Waals surface area (Å²) in [7, 11) is 0. The molecule has 0 N–H and O–H groups in total. The molecule has 58 heavy (non-hydrogen) atoms. The number of allylic oxidation sites excluding steroid dienone is 5. The highest BCUT2D eigenvalue weighted by atomic mass is 16.3. The summed E-state index contributed by atoms with van der Waals surface area (Å²) >= 11 is 0. The number of hydrogen-bond donors (Lipinski definition) is 0. The third-order valence-corrected chi connectivity index (χ3v) is 11.1. The summed E-state index contributed by atoms with van der Waals surface area (Å²) in [5.74, 6) is 0. The van der Waals surface area contributed by atoms with Crippen molar-refractivity contribution < 1.29 is 8.83 Å². The van der Waals surface area contributed by atoms with Gasteiger partial charge >= 0.3 is 0 Å². The highest BCUT2D eigenvalue weighted by Gasteiger charge is 2.17. The molecule has 0 atom stereocenters. The van der Waals surface area contributed by atoms with E-state index in [1.165, 1.54) is 16.7 Å². The molecule has 0 aliphatic carbocycles. The predicted molar refractivity (Wildman–Crippen MR) is 245 cm³/mol. The van der Waals surface area contributed by atoms with Crippen LogP contribution in [0, 0.1) is 0 Å². The molecule has 0 unspecified atom stereocenters. The lowest BCUT2D eigenvalue weighted by molar-refractivity contribution is 0.669. The number of hydrogen-bond acceptors (Lipinski definition) is 3. The van der Waals surface area contributed by atoms with Crippen LogP contribution in [-0.2, 0) is 0 Å². The molecule has 0 bridgehead atoms. The van der Waals surface area contributed by atoms with Gasteiger partial charge in [0.2, 0.25) is 0 Å². The summed E-state index contributed by atoms with van der Waals surface area (Å²) in [5, 5.41) is 4.51. The molecule has 0 aliphatic heterocycles. The average molecular weight is 746 g/mol. The van der Waals surface area contributed by atoms with Gasteiger partial charge < -0.3 is 13.7 Å². The monoisotopic (exact) mass is 745 g/mol. The molecule has 0 saturated heterocycles. The van der Waals surface area contributed by atoms with E-state index < -0.39 is 0 Å². The second-order valence-corrected chi connectivity index (χ2v) is 14.6. The van der Waals surface area contributed by atoms with Gasteiger partial charge in [-0.25, -0.2) is 0 Å². The van der Waals surface area contributed by atoms with Crippen molar-refractivity contribution in [3.8, 4) is 33.4 Å². The number of benzene rings is 8. The lowest BCUT2D eigenvalue weighted by atomic mass is 9.99. The number of anilines is 3. The Balaban J connectivity index is 1.02. The van der Waals surface area contributed by atoms with Crippen molar-refractivity contribution in [1.82, 2.24) is 0 Å². The van der Waals surface area contributed by atoms with E-state index in [1.807, 2.05) is 36.4 Å². The maximum atomic E-state index is 6.41. The molecule has 10 aromatic rings. The Morgan fingerprint density at radius 2 is 0.845 bits per heavy atom. The maximum Gasteiger partial charge on any atom is 0.143 e. The van der Waals surface area contributed by atoms with E-state index in [1.54, 1.807) is 6.08 Å². The molecule has 3 heteroatoms. The Hall–Kier alpha value is -7.62. The fourth-order valence-corrected chi connectivity index (χ4v) is 8.08. The largest absolute Gasteiger partial charge is 0.455 e. The molecule has 0 amide bonds. The van der Waals surface area contributed by atoms with Gasteiger partial charge in [-0.05, 0) is 88.8 Å². The first kappa shape index (κ1) is 34.8. The van der Waals surface area contributed by atoms with Crippen LogP contribution in [-0.4, -0.2) is 0 Å². The fraction of sp³-hybridized carbons (Fsp3) is 0.0182. The van der Waals surface area contributed by atoms with Crippen LogP contribution in [0.2, 0.25) is 0 Å². The average Bonchev–Trinajstić information content (AvgIpc) is 3.86. The summed E-state index contributed by atoms with van der Waals surface area (Å²) in [5.41, 5.74) is 15.9. The fourth-order valence-electron chi connectivity index (χ4n) is 8.08. The summed E-state index contributed by atoms with van der Waals surface area (Å²) in [4.78, 5) is 2.31. The van der Waals surface area contributed by atoms with Gasteiger partial charge in [0.05, 0.1) is 0 Å². The maximum absolute atomic E-state index is 6.41. The molecule has 0 spiro atoms. The Morgan fingerprint density at radius 3 is 1.31 bits per heavy atom. The summed E-state index contributed by atoms with van der Waals surface area (Å²) in [6, 6.07) is 64.4. The van der Waals surface area contributed by atoms with E-state index >= 15 is 0 Å². The Morgan fingerprint density at radius 1 is 0.431 bits per heavy atom. The van der Waals surface area contributed by atoms with E-state index in [4.69, 9.17) is 8.83 Å². The number of fused-ring (bicyclic) bond motifs is 6. The highest BCUT2D eigenvalue weighted by Crippen LogP contribution is 2.41. The van der Waals surface area contributed by atoms with Crippen LogP contribution < -0.4 is 4.90 Å². The van der Waals surface area contributed by atoms with Gasteiger partial charge in [-0.3, -0.25) is 0 Å². The van der Waals surface area contributed by atoms with E-state index in [9.17, 15) is 0 Å². The predicted octanol–water partition coefficient (Wildman–Crippen LogP) is 16.1. The molecule has 0 fully saturated rings. The van der Waals surface area contributed by atoms with Crippen molar-refractivity contribution in [1.29, 1.82) is 0 Å². The Kier molecular flexibility index (Phi) is 8.89. The summed E-state index contributed by atoms with van der Waals surface area (Å²) in [6.07, 6.45) is 7.86. The zero-order valence-electron chi connectivity index (χ0n) is 32.1. The molecule has 8 aromatic carbocycles. The van der Waals surface area contributed by atoms with Crippen molar-refractivity contribution in [2.24, 2.45) is 0 Å². The minimum atomic E-state index is 0.899. The molecule has 3 nitrogen and oxygen atoms in total. The van der Waals surface area contributed by atoms with Gasteiger partial charge in [-0.2, -0.15) is 0 Å². The van der Waals surface area contributed by atoms with Gasteiger partial charge in [-0.1, -0.05) is 164 Å². The lowest BCUT2D eigenvalue weighted by Crippen LogP contribution is -2.09. The first-order valence-electron chi connectivity index (χ1n) is 19.6. The standard InChI is InChI=1S/C55H39NO2/c1-3-4-5-12-37(2)38-21-23-39(24-22-38)40-25-31-43(32-26-40)56(44-33-27-41(28-34-44)46-15-10-17-50-48-13-6-8-19-52(48)57-54(46)50)45-35-29-42(30-36-45)47-16-11-18-51-49-14-7-9-20-53(49)58-55(47)51/h3-36H,1H2,2H3/b5-4-,37-12+. The van der Waals surface area contributed by atoms with Crippen molar-refractivity contribution in [3.63, 3.8) is 0 Å². The highest BCUT2D eigenvalue weighted by molar-refractivity contribution is 6.10. The van der Waals surface area contributed by atoms with E-state index in [-0.39, 0.29) is 0 Å². The van der Waals surface area contributed by atoms with Crippen molar-refractivity contribution in [2.75, 3.05) is 4.90 Å². The number of rotatable bonds is 9. The van der Waals surface area contributed by atoms with Gasteiger partial charge in [0.25, 0.3) is 0 Å². The normalized spacial score (nSPS) is 12.0. The third-order valence-electron chi connectivity index (χ3n) is 11.1. The molecule has 2 heterocycles. The Labute approximate surface area is 337 Å². The van der Waals surface area contributed by atoms with Gasteiger partial charge in [0.1, 0.15) is 22.3 Å². The minimum Gasteiger partial charge on any atom is -0.455 e. The van der Waals surface area contributed by atoms with Crippen LogP contribution in [0.4, 0.5) is 17.1 Å². The SMILES string of the molecule is C=C/C=C\C=C(/C)c1ccc(-c2ccc(N(c3ccc(-c4cccc5c4oc4ccccc45)cc3)c3ccc(-c4cccc5c4oc4ccccc45)cc3)cc2)cc1. The quantitative estimate of drug-likeness (QED) is 0.138. The molecular weight excluding hydrogens is 707 g/mol.